The second kappa shape index (κ2) is 5.50. The Morgan fingerprint density at radius 1 is 1.44 bits per heavy atom. The van der Waals surface area contributed by atoms with Crippen molar-refractivity contribution in [3.63, 3.8) is 0 Å². The molecule has 0 aliphatic carbocycles. The number of hydrogen-bond acceptors (Lipinski definition) is 3. The fraction of sp³-hybridized carbons (Fsp3) is 0.545. The average molecular weight is 289 g/mol. The fourth-order valence-corrected chi connectivity index (χ4v) is 1.55. The van der Waals surface area contributed by atoms with E-state index in [2.05, 4.69) is 26.6 Å². The van der Waals surface area contributed by atoms with E-state index < -0.39 is 0 Å². The van der Waals surface area contributed by atoms with Crippen molar-refractivity contribution in [2.45, 2.75) is 32.9 Å². The van der Waals surface area contributed by atoms with Crippen LogP contribution in [-0.4, -0.2) is 18.0 Å². The summed E-state index contributed by atoms with van der Waals surface area (Å²) >= 11 is 3.22. The highest BCUT2D eigenvalue weighted by Gasteiger charge is 2.12. The number of hydrogen-bond donors (Lipinski definition) is 2. The van der Waals surface area contributed by atoms with E-state index in [0.29, 0.717) is 11.2 Å². The Balaban J connectivity index is 2.23. The zero-order chi connectivity index (χ0) is 12.2. The first-order valence-corrected chi connectivity index (χ1v) is 5.92. The first kappa shape index (κ1) is 13.3. The summed E-state index contributed by atoms with van der Waals surface area (Å²) in [7, 11) is 0. The summed E-state index contributed by atoms with van der Waals surface area (Å²) in [5.41, 5.74) is -0.188. The van der Waals surface area contributed by atoms with Crippen LogP contribution in [0.4, 0.5) is 0 Å². The SMILES string of the molecule is CC(C)(C)NC(=O)CNCc1ccc(Br)o1. The van der Waals surface area contributed by atoms with Gasteiger partial charge in [-0.3, -0.25) is 4.79 Å². The zero-order valence-electron chi connectivity index (χ0n) is 9.76. The van der Waals surface area contributed by atoms with Gasteiger partial charge < -0.3 is 15.1 Å². The Kier molecular flexibility index (Phi) is 4.56. The number of furan rings is 1. The highest BCUT2D eigenvalue weighted by molar-refractivity contribution is 9.10. The van der Waals surface area contributed by atoms with Crippen molar-refractivity contribution in [3.05, 3.63) is 22.6 Å². The number of halogens is 1. The zero-order valence-corrected chi connectivity index (χ0v) is 11.3. The summed E-state index contributed by atoms with van der Waals surface area (Å²) < 4.78 is 5.99. The van der Waals surface area contributed by atoms with Crippen molar-refractivity contribution in [1.82, 2.24) is 10.6 Å². The van der Waals surface area contributed by atoms with E-state index in [0.717, 1.165) is 5.76 Å². The molecular formula is C11H17BrN2O2. The minimum atomic E-state index is -0.188. The molecule has 1 aromatic heterocycles. The van der Waals surface area contributed by atoms with Crippen LogP contribution in [0.5, 0.6) is 0 Å². The van der Waals surface area contributed by atoms with Crippen LogP contribution in [0.15, 0.2) is 21.2 Å². The average Bonchev–Trinajstić information content (AvgIpc) is 2.48. The molecule has 0 saturated carbocycles. The van der Waals surface area contributed by atoms with Gasteiger partial charge in [0.15, 0.2) is 4.67 Å². The number of carbonyl (C=O) groups excluding carboxylic acids is 1. The van der Waals surface area contributed by atoms with Crippen LogP contribution in [0.1, 0.15) is 26.5 Å². The first-order chi connectivity index (χ1) is 7.37. The van der Waals surface area contributed by atoms with E-state index in [-0.39, 0.29) is 18.0 Å². The van der Waals surface area contributed by atoms with Gasteiger partial charge in [0.05, 0.1) is 13.1 Å². The molecule has 0 atom stereocenters. The lowest BCUT2D eigenvalue weighted by atomic mass is 10.1. The van der Waals surface area contributed by atoms with Gasteiger partial charge >= 0.3 is 0 Å². The van der Waals surface area contributed by atoms with Gasteiger partial charge in [0.2, 0.25) is 5.91 Å². The molecule has 0 unspecified atom stereocenters. The standard InChI is InChI=1S/C11H17BrN2O2/c1-11(2,3)14-10(15)7-13-6-8-4-5-9(12)16-8/h4-5,13H,6-7H2,1-3H3,(H,14,15). The van der Waals surface area contributed by atoms with Crippen LogP contribution in [0.3, 0.4) is 0 Å². The molecule has 0 radical (unpaired) electrons. The lowest BCUT2D eigenvalue weighted by molar-refractivity contribution is -0.121. The predicted molar refractivity (Wildman–Crippen MR) is 66.0 cm³/mol. The van der Waals surface area contributed by atoms with E-state index in [1.807, 2.05) is 32.9 Å². The Morgan fingerprint density at radius 3 is 2.62 bits per heavy atom. The maximum atomic E-state index is 11.4. The largest absolute Gasteiger partial charge is 0.453 e. The molecule has 90 valence electrons. The van der Waals surface area contributed by atoms with Gasteiger partial charge in [0.1, 0.15) is 5.76 Å². The van der Waals surface area contributed by atoms with Crippen molar-refractivity contribution in [3.8, 4) is 0 Å². The fourth-order valence-electron chi connectivity index (χ4n) is 1.21. The summed E-state index contributed by atoms with van der Waals surface area (Å²) in [5.74, 6) is 0.786. The van der Waals surface area contributed by atoms with E-state index in [1.165, 1.54) is 0 Å². The third-order valence-electron chi connectivity index (χ3n) is 1.73. The Hall–Kier alpha value is -0.810. The number of rotatable bonds is 4. The number of amides is 1. The Bertz CT molecular complexity index is 355. The molecule has 0 fully saturated rings. The van der Waals surface area contributed by atoms with Gasteiger partial charge in [-0.15, -0.1) is 0 Å². The van der Waals surface area contributed by atoms with E-state index in [4.69, 9.17) is 4.42 Å². The van der Waals surface area contributed by atoms with Gasteiger partial charge in [-0.1, -0.05) is 0 Å². The van der Waals surface area contributed by atoms with Crippen molar-refractivity contribution < 1.29 is 9.21 Å². The van der Waals surface area contributed by atoms with Crippen molar-refractivity contribution in [2.24, 2.45) is 0 Å². The molecule has 0 spiro atoms. The molecular weight excluding hydrogens is 272 g/mol. The van der Waals surface area contributed by atoms with Crippen molar-refractivity contribution in [1.29, 1.82) is 0 Å². The molecule has 1 amide bonds. The maximum absolute atomic E-state index is 11.4. The van der Waals surface area contributed by atoms with E-state index in [9.17, 15) is 4.79 Å². The summed E-state index contributed by atoms with van der Waals surface area (Å²) in [6.45, 7) is 6.69. The van der Waals surface area contributed by atoms with Crippen LogP contribution in [0.25, 0.3) is 0 Å². The third kappa shape index (κ3) is 5.32. The van der Waals surface area contributed by atoms with Gasteiger partial charge in [-0.25, -0.2) is 0 Å². The van der Waals surface area contributed by atoms with E-state index >= 15 is 0 Å². The summed E-state index contributed by atoms with van der Waals surface area (Å²) in [4.78, 5) is 11.4. The molecule has 0 aliphatic heterocycles. The number of carbonyl (C=O) groups is 1. The molecule has 5 heteroatoms. The molecule has 4 nitrogen and oxygen atoms in total. The second-order valence-electron chi connectivity index (χ2n) is 4.61. The van der Waals surface area contributed by atoms with Gasteiger partial charge in [-0.05, 0) is 48.8 Å². The molecule has 1 rings (SSSR count). The van der Waals surface area contributed by atoms with Crippen molar-refractivity contribution in [2.75, 3.05) is 6.54 Å². The lowest BCUT2D eigenvalue weighted by Gasteiger charge is -2.20. The maximum Gasteiger partial charge on any atom is 0.234 e. The first-order valence-electron chi connectivity index (χ1n) is 5.13. The minimum absolute atomic E-state index is 0.0156. The summed E-state index contributed by atoms with van der Waals surface area (Å²) in [6, 6.07) is 3.69. The van der Waals surface area contributed by atoms with Crippen LogP contribution >= 0.6 is 15.9 Å². The molecule has 1 heterocycles. The predicted octanol–water partition coefficient (Wildman–Crippen LogP) is 2.05. The lowest BCUT2D eigenvalue weighted by Crippen LogP contribution is -2.44. The van der Waals surface area contributed by atoms with E-state index in [1.54, 1.807) is 0 Å². The van der Waals surface area contributed by atoms with Crippen LogP contribution in [0, 0.1) is 0 Å². The highest BCUT2D eigenvalue weighted by atomic mass is 79.9. The monoisotopic (exact) mass is 288 g/mol. The summed E-state index contributed by atoms with van der Waals surface area (Å²) in [6.07, 6.45) is 0. The van der Waals surface area contributed by atoms with Crippen LogP contribution < -0.4 is 10.6 Å². The van der Waals surface area contributed by atoms with Crippen molar-refractivity contribution >= 4 is 21.8 Å². The van der Waals surface area contributed by atoms with Gasteiger partial charge in [-0.2, -0.15) is 0 Å². The molecule has 0 aromatic carbocycles. The Morgan fingerprint density at radius 2 is 2.12 bits per heavy atom. The topological polar surface area (TPSA) is 54.3 Å². The molecule has 0 saturated heterocycles. The summed E-state index contributed by atoms with van der Waals surface area (Å²) in [5, 5.41) is 5.88. The number of nitrogens with one attached hydrogen (secondary N) is 2. The van der Waals surface area contributed by atoms with Crippen LogP contribution in [-0.2, 0) is 11.3 Å². The smallest absolute Gasteiger partial charge is 0.234 e. The van der Waals surface area contributed by atoms with Gasteiger partial charge in [0.25, 0.3) is 0 Å². The molecule has 0 bridgehead atoms. The normalized spacial score (nSPS) is 11.5. The van der Waals surface area contributed by atoms with Crippen LogP contribution in [0.2, 0.25) is 0 Å². The molecule has 1 aromatic rings. The molecule has 16 heavy (non-hydrogen) atoms. The third-order valence-corrected chi connectivity index (χ3v) is 2.15. The molecule has 0 aliphatic rings. The minimum Gasteiger partial charge on any atom is -0.453 e. The quantitative estimate of drug-likeness (QED) is 0.892. The Labute approximate surface area is 104 Å². The van der Waals surface area contributed by atoms with Gasteiger partial charge in [0, 0.05) is 5.54 Å². The second-order valence-corrected chi connectivity index (χ2v) is 5.39. The molecule has 2 N–H and O–H groups in total. The highest BCUT2D eigenvalue weighted by Crippen LogP contribution is 2.13.